The lowest BCUT2D eigenvalue weighted by atomic mass is 10.1. The Labute approximate surface area is 139 Å². The van der Waals surface area contributed by atoms with Gasteiger partial charge in [0.25, 0.3) is 5.69 Å². The maximum Gasteiger partial charge on any atom is 0.335 e. The Kier molecular flexibility index (Phi) is 6.91. The number of carboxylic acids is 1. The molecule has 0 saturated carbocycles. The number of nitrogens with one attached hydrogen (secondary N) is 1. The van der Waals surface area contributed by atoms with Crippen molar-refractivity contribution in [3.63, 3.8) is 0 Å². The normalized spacial score (nSPS) is 17.6. The summed E-state index contributed by atoms with van der Waals surface area (Å²) in [5.74, 6) is -1.17. The van der Waals surface area contributed by atoms with Gasteiger partial charge in [-0.15, -0.1) is 0 Å². The highest BCUT2D eigenvalue weighted by Gasteiger charge is 2.23. The summed E-state index contributed by atoms with van der Waals surface area (Å²) in [5, 5.41) is 23.0. The van der Waals surface area contributed by atoms with E-state index in [1.54, 1.807) is 0 Å². The van der Waals surface area contributed by atoms with Crippen molar-refractivity contribution < 1.29 is 24.3 Å². The standard InChI is InChI=1S/C11H12N2O5.C4H9NO/c14-11(15)8-1-2-9(10(7-8)13(16)17)12-3-5-18-6-4-12;1-3-6-4-2-5-1/h1-2,7H,3-6H2,(H,14,15);5H,1-4H2. The van der Waals surface area contributed by atoms with Crippen molar-refractivity contribution in [1.29, 1.82) is 0 Å². The Morgan fingerprint density at radius 3 is 2.25 bits per heavy atom. The number of ether oxygens (including phenoxy) is 2. The zero-order valence-corrected chi connectivity index (χ0v) is 13.3. The van der Waals surface area contributed by atoms with Gasteiger partial charge >= 0.3 is 5.97 Å². The number of nitro groups is 1. The highest BCUT2D eigenvalue weighted by Crippen LogP contribution is 2.29. The quantitative estimate of drug-likeness (QED) is 0.612. The van der Waals surface area contributed by atoms with Crippen LogP contribution in [0.4, 0.5) is 11.4 Å². The van der Waals surface area contributed by atoms with Gasteiger partial charge in [0, 0.05) is 32.2 Å². The summed E-state index contributed by atoms with van der Waals surface area (Å²) in [5.41, 5.74) is 0.170. The third-order valence-electron chi connectivity index (χ3n) is 3.62. The van der Waals surface area contributed by atoms with Crippen molar-refractivity contribution in [1.82, 2.24) is 5.32 Å². The van der Waals surface area contributed by atoms with E-state index in [2.05, 4.69) is 5.32 Å². The van der Waals surface area contributed by atoms with Crippen molar-refractivity contribution in [3.8, 4) is 0 Å². The number of benzene rings is 1. The molecule has 1 aromatic carbocycles. The second kappa shape index (κ2) is 9.16. The molecule has 2 heterocycles. The van der Waals surface area contributed by atoms with Crippen LogP contribution in [0.15, 0.2) is 18.2 Å². The van der Waals surface area contributed by atoms with Crippen molar-refractivity contribution >= 4 is 17.3 Å². The van der Waals surface area contributed by atoms with Gasteiger partial charge in [0.2, 0.25) is 0 Å². The number of morpholine rings is 2. The average molecular weight is 339 g/mol. The minimum atomic E-state index is -1.17. The monoisotopic (exact) mass is 339 g/mol. The van der Waals surface area contributed by atoms with Gasteiger partial charge in [-0.2, -0.15) is 0 Å². The molecule has 3 rings (SSSR count). The van der Waals surface area contributed by atoms with Gasteiger partial charge in [0.15, 0.2) is 0 Å². The summed E-state index contributed by atoms with van der Waals surface area (Å²) in [6.07, 6.45) is 0. The number of carbonyl (C=O) groups is 1. The predicted octanol–water partition coefficient (Wildman–Crippen LogP) is 0.736. The molecule has 0 bridgehead atoms. The van der Waals surface area contributed by atoms with Crippen molar-refractivity contribution in [2.75, 3.05) is 57.5 Å². The second-order valence-electron chi connectivity index (χ2n) is 5.23. The molecule has 9 nitrogen and oxygen atoms in total. The van der Waals surface area contributed by atoms with Crippen LogP contribution in [0.3, 0.4) is 0 Å². The summed E-state index contributed by atoms with van der Waals surface area (Å²) in [6, 6.07) is 3.94. The zero-order valence-electron chi connectivity index (χ0n) is 13.3. The number of hydrogen-bond acceptors (Lipinski definition) is 7. The van der Waals surface area contributed by atoms with Gasteiger partial charge < -0.3 is 24.8 Å². The minimum Gasteiger partial charge on any atom is -0.478 e. The second-order valence-corrected chi connectivity index (χ2v) is 5.23. The largest absolute Gasteiger partial charge is 0.478 e. The summed E-state index contributed by atoms with van der Waals surface area (Å²) in [6.45, 7) is 5.98. The molecule has 0 aromatic heterocycles. The number of aromatic carboxylic acids is 1. The van der Waals surface area contributed by atoms with Gasteiger partial charge in [0.05, 0.1) is 36.9 Å². The van der Waals surface area contributed by atoms with Gasteiger partial charge in [0.1, 0.15) is 5.69 Å². The number of hydrogen-bond donors (Lipinski definition) is 2. The van der Waals surface area contributed by atoms with Gasteiger partial charge in [-0.05, 0) is 12.1 Å². The van der Waals surface area contributed by atoms with Gasteiger partial charge in [-0.3, -0.25) is 10.1 Å². The maximum absolute atomic E-state index is 11.0. The number of rotatable bonds is 3. The van der Waals surface area contributed by atoms with Crippen LogP contribution in [-0.4, -0.2) is 68.6 Å². The molecule has 0 unspecified atom stereocenters. The van der Waals surface area contributed by atoms with Crippen LogP contribution in [0.2, 0.25) is 0 Å². The predicted molar refractivity (Wildman–Crippen MR) is 86.8 cm³/mol. The minimum absolute atomic E-state index is 0.0845. The van der Waals surface area contributed by atoms with Gasteiger partial charge in [-0.1, -0.05) is 0 Å². The Bertz CT molecular complexity index is 559. The molecule has 0 atom stereocenters. The fourth-order valence-corrected chi connectivity index (χ4v) is 2.39. The summed E-state index contributed by atoms with van der Waals surface area (Å²) >= 11 is 0. The molecular formula is C15H21N3O6. The third kappa shape index (κ3) is 5.15. The van der Waals surface area contributed by atoms with Crippen molar-refractivity contribution in [2.45, 2.75) is 0 Å². The Hall–Kier alpha value is -2.23. The Morgan fingerprint density at radius 1 is 1.17 bits per heavy atom. The van der Waals surface area contributed by atoms with E-state index in [-0.39, 0.29) is 11.3 Å². The van der Waals surface area contributed by atoms with Gasteiger partial charge in [-0.25, -0.2) is 4.79 Å². The van der Waals surface area contributed by atoms with Crippen LogP contribution in [0.1, 0.15) is 10.4 Å². The molecule has 2 aliphatic rings. The molecule has 132 valence electrons. The lowest BCUT2D eigenvalue weighted by Gasteiger charge is -2.28. The first-order chi connectivity index (χ1) is 11.6. The summed E-state index contributed by atoms with van der Waals surface area (Å²) < 4.78 is 10.2. The number of carboxylic acid groups (broad SMARTS) is 1. The zero-order chi connectivity index (χ0) is 17.4. The first kappa shape index (κ1) is 18.1. The summed E-state index contributed by atoms with van der Waals surface area (Å²) in [4.78, 5) is 23.1. The van der Waals surface area contributed by atoms with E-state index in [9.17, 15) is 14.9 Å². The smallest absolute Gasteiger partial charge is 0.335 e. The fourth-order valence-electron chi connectivity index (χ4n) is 2.39. The molecule has 0 amide bonds. The lowest BCUT2D eigenvalue weighted by molar-refractivity contribution is -0.384. The molecule has 1 aromatic rings. The lowest BCUT2D eigenvalue weighted by Crippen LogP contribution is -2.36. The Balaban J connectivity index is 0.000000292. The molecule has 0 spiro atoms. The Morgan fingerprint density at radius 2 is 1.79 bits per heavy atom. The number of anilines is 1. The molecule has 24 heavy (non-hydrogen) atoms. The molecule has 0 radical (unpaired) electrons. The van der Waals surface area contributed by atoms with E-state index in [0.29, 0.717) is 32.0 Å². The van der Waals surface area contributed by atoms with Crippen LogP contribution in [-0.2, 0) is 9.47 Å². The third-order valence-corrected chi connectivity index (χ3v) is 3.62. The first-order valence-electron chi connectivity index (χ1n) is 7.72. The van der Waals surface area contributed by atoms with Crippen molar-refractivity contribution in [2.24, 2.45) is 0 Å². The van der Waals surface area contributed by atoms with Crippen LogP contribution in [0, 0.1) is 10.1 Å². The molecular weight excluding hydrogens is 318 g/mol. The van der Waals surface area contributed by atoms with E-state index in [1.807, 2.05) is 4.90 Å². The van der Waals surface area contributed by atoms with E-state index in [0.717, 1.165) is 32.4 Å². The highest BCUT2D eigenvalue weighted by atomic mass is 16.6. The molecule has 0 aliphatic carbocycles. The van der Waals surface area contributed by atoms with E-state index >= 15 is 0 Å². The van der Waals surface area contributed by atoms with Crippen LogP contribution in [0.25, 0.3) is 0 Å². The topological polar surface area (TPSA) is 114 Å². The SMILES string of the molecule is C1COCCN1.O=C(O)c1ccc(N2CCOCC2)c([N+](=O)[O-])c1. The number of nitrogens with zero attached hydrogens (tertiary/aromatic N) is 2. The first-order valence-corrected chi connectivity index (χ1v) is 7.72. The van der Waals surface area contributed by atoms with Crippen LogP contribution in [0.5, 0.6) is 0 Å². The maximum atomic E-state index is 11.0. The molecule has 2 N–H and O–H groups in total. The molecule has 9 heteroatoms. The fraction of sp³-hybridized carbons (Fsp3) is 0.533. The van der Waals surface area contributed by atoms with E-state index in [4.69, 9.17) is 14.6 Å². The van der Waals surface area contributed by atoms with Crippen LogP contribution >= 0.6 is 0 Å². The molecule has 2 aliphatic heterocycles. The van der Waals surface area contributed by atoms with Crippen molar-refractivity contribution in [3.05, 3.63) is 33.9 Å². The number of nitro benzene ring substituents is 1. The van der Waals surface area contributed by atoms with E-state index in [1.165, 1.54) is 12.1 Å². The molecule has 2 fully saturated rings. The van der Waals surface area contributed by atoms with Crippen LogP contribution < -0.4 is 10.2 Å². The average Bonchev–Trinajstić information content (AvgIpc) is 2.64. The molecule has 2 saturated heterocycles. The van der Waals surface area contributed by atoms with E-state index < -0.39 is 10.9 Å². The summed E-state index contributed by atoms with van der Waals surface area (Å²) in [7, 11) is 0. The highest BCUT2D eigenvalue weighted by molar-refractivity contribution is 5.89.